The molecule has 1 aromatic rings. The zero-order valence-corrected chi connectivity index (χ0v) is 8.47. The molecule has 0 saturated carbocycles. The molecular formula is C9H12ClN3. The third-order valence-electron chi connectivity index (χ3n) is 1.79. The Hall–Kier alpha value is -1.09. The van der Waals surface area contributed by atoms with Gasteiger partial charge in [-0.1, -0.05) is 23.7 Å². The first-order valence-corrected chi connectivity index (χ1v) is 4.32. The lowest BCUT2D eigenvalue weighted by Crippen LogP contribution is -2.09. The molecule has 0 saturated heterocycles. The van der Waals surface area contributed by atoms with E-state index in [0.717, 1.165) is 11.3 Å². The lowest BCUT2D eigenvalue weighted by molar-refractivity contribution is 0.906. The van der Waals surface area contributed by atoms with Gasteiger partial charge in [0, 0.05) is 14.1 Å². The van der Waals surface area contributed by atoms with Crippen molar-refractivity contribution in [2.45, 2.75) is 6.54 Å². The molecule has 0 amide bonds. The number of halogens is 1. The van der Waals surface area contributed by atoms with Crippen LogP contribution in [0, 0.1) is 5.53 Å². The van der Waals surface area contributed by atoms with Crippen LogP contribution in [0.25, 0.3) is 0 Å². The molecule has 0 unspecified atom stereocenters. The summed E-state index contributed by atoms with van der Waals surface area (Å²) in [7, 11) is 3.87. The highest BCUT2D eigenvalue weighted by Gasteiger charge is 2.06. The molecule has 13 heavy (non-hydrogen) atoms. The summed E-state index contributed by atoms with van der Waals surface area (Å²) in [6, 6.07) is 5.74. The topological polar surface area (TPSA) is 39.5 Å². The van der Waals surface area contributed by atoms with Gasteiger partial charge in [-0.15, -0.1) is 0 Å². The molecule has 0 fully saturated rings. The maximum atomic E-state index is 6.77. The molecule has 0 aromatic heterocycles. The first-order valence-electron chi connectivity index (χ1n) is 3.94. The van der Waals surface area contributed by atoms with E-state index in [1.165, 1.54) is 0 Å². The summed E-state index contributed by atoms with van der Waals surface area (Å²) in [5, 5.41) is 4.00. The molecule has 0 aliphatic rings. The Morgan fingerprint density at radius 3 is 2.69 bits per heavy atom. The van der Waals surface area contributed by atoms with Crippen LogP contribution in [0.3, 0.4) is 0 Å². The minimum absolute atomic E-state index is 0.348. The van der Waals surface area contributed by atoms with E-state index in [2.05, 4.69) is 5.11 Å². The average molecular weight is 198 g/mol. The van der Waals surface area contributed by atoms with Crippen molar-refractivity contribution in [2.24, 2.45) is 5.11 Å². The number of nitrogens with zero attached hydrogens (tertiary/aromatic N) is 2. The zero-order chi connectivity index (χ0) is 9.84. The van der Waals surface area contributed by atoms with Gasteiger partial charge in [-0.25, -0.2) is 5.53 Å². The first kappa shape index (κ1) is 9.99. The van der Waals surface area contributed by atoms with Gasteiger partial charge in [-0.2, -0.15) is 5.11 Å². The number of hydrogen-bond donors (Lipinski definition) is 1. The van der Waals surface area contributed by atoms with Gasteiger partial charge in [-0.3, -0.25) is 0 Å². The maximum absolute atomic E-state index is 6.77. The van der Waals surface area contributed by atoms with Crippen molar-refractivity contribution in [2.75, 3.05) is 19.0 Å². The number of anilines is 1. The Kier molecular flexibility index (Phi) is 3.25. The normalized spacial score (nSPS) is 9.77. The van der Waals surface area contributed by atoms with Gasteiger partial charge in [0.15, 0.2) is 0 Å². The van der Waals surface area contributed by atoms with E-state index in [1.54, 1.807) is 0 Å². The molecule has 0 spiro atoms. The molecule has 0 radical (unpaired) electrons. The fourth-order valence-electron chi connectivity index (χ4n) is 1.12. The number of nitrogens with one attached hydrogen (secondary N) is 1. The standard InChI is InChI=1S/C9H12ClN3/c1-13(2)8-5-3-4-7(6-12-11)9(8)10/h3-5,11H,6H2,1-2H3. The second kappa shape index (κ2) is 4.23. The molecule has 0 aliphatic heterocycles. The van der Waals surface area contributed by atoms with Gasteiger partial charge in [0.25, 0.3) is 0 Å². The molecule has 1 N–H and O–H groups in total. The highest BCUT2D eigenvalue weighted by atomic mass is 35.5. The van der Waals surface area contributed by atoms with E-state index in [9.17, 15) is 0 Å². The van der Waals surface area contributed by atoms with Crippen LogP contribution in [-0.2, 0) is 6.54 Å². The van der Waals surface area contributed by atoms with Crippen LogP contribution in [0.4, 0.5) is 5.69 Å². The summed E-state index contributed by atoms with van der Waals surface area (Å²) >= 11 is 6.10. The smallest absolute Gasteiger partial charge is 0.0861 e. The third kappa shape index (κ3) is 2.18. The minimum atomic E-state index is 0.348. The summed E-state index contributed by atoms with van der Waals surface area (Å²) in [6.07, 6.45) is 0. The monoisotopic (exact) mass is 197 g/mol. The van der Waals surface area contributed by atoms with Crippen LogP contribution < -0.4 is 4.90 Å². The van der Waals surface area contributed by atoms with Crippen molar-refractivity contribution in [1.82, 2.24) is 0 Å². The Labute approximate surface area is 82.8 Å². The van der Waals surface area contributed by atoms with Gasteiger partial charge in [0.2, 0.25) is 0 Å². The van der Waals surface area contributed by atoms with Crippen molar-refractivity contribution in [1.29, 1.82) is 5.53 Å². The molecular weight excluding hydrogens is 186 g/mol. The Balaban J connectivity index is 3.10. The molecule has 4 heteroatoms. The van der Waals surface area contributed by atoms with Crippen molar-refractivity contribution in [3.8, 4) is 0 Å². The Morgan fingerprint density at radius 2 is 2.15 bits per heavy atom. The van der Waals surface area contributed by atoms with E-state index in [1.807, 2.05) is 37.2 Å². The van der Waals surface area contributed by atoms with Crippen LogP contribution in [0.1, 0.15) is 5.56 Å². The zero-order valence-electron chi connectivity index (χ0n) is 7.71. The molecule has 0 heterocycles. The van der Waals surface area contributed by atoms with E-state index >= 15 is 0 Å². The molecule has 3 nitrogen and oxygen atoms in total. The van der Waals surface area contributed by atoms with E-state index < -0.39 is 0 Å². The van der Waals surface area contributed by atoms with Gasteiger partial charge < -0.3 is 4.90 Å². The minimum Gasteiger partial charge on any atom is -0.376 e. The van der Waals surface area contributed by atoms with Crippen molar-refractivity contribution in [3.63, 3.8) is 0 Å². The maximum Gasteiger partial charge on any atom is 0.0861 e. The quantitative estimate of drug-likeness (QED) is 0.744. The summed E-state index contributed by atoms with van der Waals surface area (Å²) in [6.45, 7) is 0.348. The number of rotatable bonds is 3. The van der Waals surface area contributed by atoms with Crippen molar-refractivity contribution in [3.05, 3.63) is 28.8 Å². The van der Waals surface area contributed by atoms with Gasteiger partial charge >= 0.3 is 0 Å². The number of hydrogen-bond acceptors (Lipinski definition) is 3. The third-order valence-corrected chi connectivity index (χ3v) is 2.23. The van der Waals surface area contributed by atoms with Crippen LogP contribution in [-0.4, -0.2) is 14.1 Å². The van der Waals surface area contributed by atoms with Gasteiger partial charge in [-0.05, 0) is 11.6 Å². The second-order valence-electron chi connectivity index (χ2n) is 2.96. The van der Waals surface area contributed by atoms with Crippen LogP contribution in [0.15, 0.2) is 23.3 Å². The molecule has 0 bridgehead atoms. The Morgan fingerprint density at radius 1 is 1.46 bits per heavy atom. The van der Waals surface area contributed by atoms with Crippen LogP contribution >= 0.6 is 11.6 Å². The average Bonchev–Trinajstić information content (AvgIpc) is 2.08. The van der Waals surface area contributed by atoms with E-state index in [-0.39, 0.29) is 0 Å². The van der Waals surface area contributed by atoms with Crippen LogP contribution in [0.2, 0.25) is 5.02 Å². The van der Waals surface area contributed by atoms with E-state index in [4.69, 9.17) is 17.1 Å². The molecule has 1 rings (SSSR count). The number of benzene rings is 1. The van der Waals surface area contributed by atoms with Crippen molar-refractivity contribution < 1.29 is 0 Å². The fraction of sp³-hybridized carbons (Fsp3) is 0.333. The SMILES string of the molecule is CN(C)c1cccc(CN=N)c1Cl. The largest absolute Gasteiger partial charge is 0.376 e. The molecule has 0 atom stereocenters. The predicted octanol–water partition coefficient (Wildman–Crippen LogP) is 2.94. The van der Waals surface area contributed by atoms with Crippen molar-refractivity contribution >= 4 is 17.3 Å². The summed E-state index contributed by atoms with van der Waals surface area (Å²) in [5.41, 5.74) is 8.62. The molecule has 70 valence electrons. The molecule has 1 aromatic carbocycles. The summed E-state index contributed by atoms with van der Waals surface area (Å²) < 4.78 is 0. The highest BCUT2D eigenvalue weighted by molar-refractivity contribution is 6.34. The van der Waals surface area contributed by atoms with Gasteiger partial charge in [0.05, 0.1) is 17.3 Å². The Bertz CT molecular complexity index is 310. The summed E-state index contributed by atoms with van der Waals surface area (Å²) in [4.78, 5) is 1.94. The second-order valence-corrected chi connectivity index (χ2v) is 3.34. The fourth-order valence-corrected chi connectivity index (χ4v) is 1.47. The lowest BCUT2D eigenvalue weighted by Gasteiger charge is -2.15. The van der Waals surface area contributed by atoms with Crippen LogP contribution in [0.5, 0.6) is 0 Å². The lowest BCUT2D eigenvalue weighted by atomic mass is 10.2. The predicted molar refractivity (Wildman–Crippen MR) is 54.6 cm³/mol. The van der Waals surface area contributed by atoms with E-state index in [0.29, 0.717) is 11.6 Å². The first-order chi connectivity index (χ1) is 6.16. The molecule has 0 aliphatic carbocycles. The summed E-state index contributed by atoms with van der Waals surface area (Å²) in [5.74, 6) is 0. The highest BCUT2D eigenvalue weighted by Crippen LogP contribution is 2.28. The van der Waals surface area contributed by atoms with Gasteiger partial charge in [0.1, 0.15) is 0 Å².